The van der Waals surface area contributed by atoms with E-state index in [1.807, 2.05) is 13.0 Å². The fourth-order valence-electron chi connectivity index (χ4n) is 2.63. The molecule has 2 atom stereocenters. The normalized spacial score (nSPS) is 25.7. The molecule has 0 N–H and O–H groups in total. The number of hydrogen-bond donors (Lipinski definition) is 0. The van der Waals surface area contributed by atoms with Crippen LogP contribution in [0, 0.1) is 12.8 Å². The second-order valence-corrected chi connectivity index (χ2v) is 5.22. The van der Waals surface area contributed by atoms with Gasteiger partial charge in [-0.25, -0.2) is 9.97 Å². The van der Waals surface area contributed by atoms with Crippen molar-refractivity contribution in [1.29, 1.82) is 0 Å². The summed E-state index contributed by atoms with van der Waals surface area (Å²) < 4.78 is 0. The first-order valence-electron chi connectivity index (χ1n) is 6.20. The fraction of sp³-hybridized carbons (Fsp3) is 0.692. The summed E-state index contributed by atoms with van der Waals surface area (Å²) in [5.74, 6) is 2.33. The van der Waals surface area contributed by atoms with Gasteiger partial charge in [0.15, 0.2) is 0 Å². The zero-order valence-corrected chi connectivity index (χ0v) is 10.8. The van der Waals surface area contributed by atoms with Gasteiger partial charge in [-0.3, -0.25) is 0 Å². The Kier molecular flexibility index (Phi) is 3.80. The molecule has 3 heteroatoms. The van der Waals surface area contributed by atoms with Crippen LogP contribution in [0.5, 0.6) is 0 Å². The second-order valence-electron chi connectivity index (χ2n) is 4.83. The average molecular weight is 239 g/mol. The van der Waals surface area contributed by atoms with Crippen molar-refractivity contribution in [2.45, 2.75) is 51.9 Å². The Balaban J connectivity index is 2.16. The van der Waals surface area contributed by atoms with Crippen molar-refractivity contribution < 1.29 is 0 Å². The molecule has 0 spiro atoms. The van der Waals surface area contributed by atoms with E-state index in [9.17, 15) is 0 Å². The molecule has 2 rings (SSSR count). The third-order valence-electron chi connectivity index (χ3n) is 3.57. The molecular weight excluding hydrogens is 220 g/mol. The molecule has 1 aromatic heterocycles. The lowest BCUT2D eigenvalue weighted by atomic mass is 9.80. The molecule has 0 aromatic carbocycles. The largest absolute Gasteiger partial charge is 0.238 e. The molecule has 88 valence electrons. The number of rotatable bonds is 2. The van der Waals surface area contributed by atoms with Gasteiger partial charge in [0.05, 0.1) is 0 Å². The van der Waals surface area contributed by atoms with E-state index in [4.69, 9.17) is 11.6 Å². The maximum atomic E-state index is 5.99. The van der Waals surface area contributed by atoms with Gasteiger partial charge in [0.25, 0.3) is 0 Å². The summed E-state index contributed by atoms with van der Waals surface area (Å²) in [5.41, 5.74) is 0.980. The summed E-state index contributed by atoms with van der Waals surface area (Å²) in [6.07, 6.45) is 6.40. The van der Waals surface area contributed by atoms with E-state index in [2.05, 4.69) is 16.9 Å². The number of hydrogen-bond acceptors (Lipinski definition) is 2. The van der Waals surface area contributed by atoms with Crippen molar-refractivity contribution in [3.05, 3.63) is 22.7 Å². The van der Waals surface area contributed by atoms with Crippen LogP contribution in [0.25, 0.3) is 0 Å². The van der Waals surface area contributed by atoms with E-state index in [1.54, 1.807) is 0 Å². The van der Waals surface area contributed by atoms with Gasteiger partial charge in [-0.15, -0.1) is 0 Å². The van der Waals surface area contributed by atoms with E-state index < -0.39 is 0 Å². The lowest BCUT2D eigenvalue weighted by molar-refractivity contribution is 0.307. The highest BCUT2D eigenvalue weighted by atomic mass is 35.5. The summed E-state index contributed by atoms with van der Waals surface area (Å²) in [5, 5.41) is 0.584. The van der Waals surface area contributed by atoms with Crippen molar-refractivity contribution in [2.24, 2.45) is 5.92 Å². The highest BCUT2D eigenvalue weighted by Crippen LogP contribution is 2.36. The molecule has 16 heavy (non-hydrogen) atoms. The van der Waals surface area contributed by atoms with Gasteiger partial charge in [-0.05, 0) is 31.7 Å². The highest BCUT2D eigenvalue weighted by molar-refractivity contribution is 6.29. The van der Waals surface area contributed by atoms with E-state index in [0.29, 0.717) is 11.1 Å². The van der Waals surface area contributed by atoms with Crippen LogP contribution in [0.4, 0.5) is 0 Å². The van der Waals surface area contributed by atoms with Crippen LogP contribution in [0.3, 0.4) is 0 Å². The van der Waals surface area contributed by atoms with E-state index in [0.717, 1.165) is 17.4 Å². The quantitative estimate of drug-likeness (QED) is 0.725. The van der Waals surface area contributed by atoms with Gasteiger partial charge in [-0.2, -0.15) is 0 Å². The maximum Gasteiger partial charge on any atom is 0.133 e. The predicted octanol–water partition coefficient (Wildman–Crippen LogP) is 4.12. The van der Waals surface area contributed by atoms with Crippen molar-refractivity contribution in [1.82, 2.24) is 9.97 Å². The zero-order chi connectivity index (χ0) is 11.5. The molecule has 2 unspecified atom stereocenters. The minimum Gasteiger partial charge on any atom is -0.238 e. The topological polar surface area (TPSA) is 25.8 Å². The van der Waals surface area contributed by atoms with Gasteiger partial charge in [0, 0.05) is 11.6 Å². The molecule has 1 aliphatic carbocycles. The summed E-state index contributed by atoms with van der Waals surface area (Å²) in [6.45, 7) is 4.26. The van der Waals surface area contributed by atoms with Gasteiger partial charge >= 0.3 is 0 Å². The van der Waals surface area contributed by atoms with E-state index in [1.165, 1.54) is 32.1 Å². The first kappa shape index (κ1) is 11.8. The van der Waals surface area contributed by atoms with Crippen LogP contribution in [0.1, 0.15) is 56.5 Å². The zero-order valence-electron chi connectivity index (χ0n) is 10.0. The molecular formula is C13H19ClN2. The molecule has 0 saturated heterocycles. The Morgan fingerprint density at radius 1 is 1.38 bits per heavy atom. The monoisotopic (exact) mass is 238 g/mol. The molecule has 2 nitrogen and oxygen atoms in total. The molecule has 1 saturated carbocycles. The van der Waals surface area contributed by atoms with Crippen LogP contribution < -0.4 is 0 Å². The Labute approximate surface area is 102 Å². The smallest absolute Gasteiger partial charge is 0.133 e. The molecule has 0 amide bonds. The predicted molar refractivity (Wildman–Crippen MR) is 66.8 cm³/mol. The Hall–Kier alpha value is -0.630. The highest BCUT2D eigenvalue weighted by Gasteiger charge is 2.24. The third kappa shape index (κ3) is 2.73. The summed E-state index contributed by atoms with van der Waals surface area (Å²) in [4.78, 5) is 8.91. The summed E-state index contributed by atoms with van der Waals surface area (Å²) in [7, 11) is 0. The SMILES string of the molecule is CCC1CCCC(c2nc(C)cc(Cl)n2)C1. The average Bonchev–Trinajstić information content (AvgIpc) is 2.28. The standard InChI is InChI=1S/C13H19ClN2/c1-3-10-5-4-6-11(8-10)13-15-9(2)7-12(14)16-13/h7,10-11H,3-6,8H2,1-2H3. The minimum atomic E-state index is 0.524. The van der Waals surface area contributed by atoms with Gasteiger partial charge in [-0.1, -0.05) is 37.8 Å². The van der Waals surface area contributed by atoms with Crippen molar-refractivity contribution >= 4 is 11.6 Å². The number of aromatic nitrogens is 2. The van der Waals surface area contributed by atoms with Gasteiger partial charge in [0.1, 0.15) is 11.0 Å². The van der Waals surface area contributed by atoms with E-state index >= 15 is 0 Å². The van der Waals surface area contributed by atoms with Gasteiger partial charge in [0.2, 0.25) is 0 Å². The second kappa shape index (κ2) is 5.13. The maximum absolute atomic E-state index is 5.99. The lowest BCUT2D eigenvalue weighted by Crippen LogP contribution is -2.16. The fourth-order valence-corrected chi connectivity index (χ4v) is 2.88. The lowest BCUT2D eigenvalue weighted by Gasteiger charge is -2.27. The van der Waals surface area contributed by atoms with Crippen molar-refractivity contribution in [2.75, 3.05) is 0 Å². The van der Waals surface area contributed by atoms with Crippen LogP contribution in [-0.2, 0) is 0 Å². The Morgan fingerprint density at radius 2 is 2.19 bits per heavy atom. The van der Waals surface area contributed by atoms with Crippen molar-refractivity contribution in [3.8, 4) is 0 Å². The van der Waals surface area contributed by atoms with E-state index in [-0.39, 0.29) is 0 Å². The third-order valence-corrected chi connectivity index (χ3v) is 3.76. The Morgan fingerprint density at radius 3 is 2.88 bits per heavy atom. The first-order chi connectivity index (χ1) is 7.69. The molecule has 0 aliphatic heterocycles. The summed E-state index contributed by atoms with van der Waals surface area (Å²) >= 11 is 5.99. The molecule has 0 radical (unpaired) electrons. The van der Waals surface area contributed by atoms with Crippen LogP contribution in [-0.4, -0.2) is 9.97 Å². The van der Waals surface area contributed by atoms with Gasteiger partial charge < -0.3 is 0 Å². The Bertz CT molecular complexity index is 345. The molecule has 1 aliphatic rings. The molecule has 0 bridgehead atoms. The minimum absolute atomic E-state index is 0.524. The number of aryl methyl sites for hydroxylation is 1. The molecule has 1 fully saturated rings. The summed E-state index contributed by atoms with van der Waals surface area (Å²) in [6, 6.07) is 1.82. The molecule has 1 heterocycles. The molecule has 1 aromatic rings. The van der Waals surface area contributed by atoms with Crippen LogP contribution in [0.2, 0.25) is 5.15 Å². The van der Waals surface area contributed by atoms with Crippen LogP contribution >= 0.6 is 11.6 Å². The number of halogens is 1. The van der Waals surface area contributed by atoms with Crippen molar-refractivity contribution in [3.63, 3.8) is 0 Å². The first-order valence-corrected chi connectivity index (χ1v) is 6.58. The number of nitrogens with zero attached hydrogens (tertiary/aromatic N) is 2. The van der Waals surface area contributed by atoms with Crippen LogP contribution in [0.15, 0.2) is 6.07 Å².